The van der Waals surface area contributed by atoms with Crippen LogP contribution in [0.25, 0.3) is 0 Å². The maximum absolute atomic E-state index is 10.1. The van der Waals surface area contributed by atoms with Gasteiger partial charge in [0.05, 0.1) is 17.7 Å². The standard InChI is InChI=1S/C16H24N2O/c1-4-14(5-2)16(19)11-18-12(3)15-8-6-7-13(9-15)10-17/h6-9,12,14,16,18-19H,4-5,11H2,1-3H3. The number of aliphatic hydroxyl groups excluding tert-OH is 1. The maximum Gasteiger partial charge on any atom is 0.0991 e. The number of aliphatic hydroxyl groups is 1. The first-order valence-corrected chi connectivity index (χ1v) is 7.03. The zero-order chi connectivity index (χ0) is 14.3. The molecule has 104 valence electrons. The van der Waals surface area contributed by atoms with Gasteiger partial charge < -0.3 is 10.4 Å². The number of hydrogen-bond acceptors (Lipinski definition) is 3. The van der Waals surface area contributed by atoms with E-state index in [4.69, 9.17) is 5.26 Å². The van der Waals surface area contributed by atoms with Gasteiger partial charge in [0.15, 0.2) is 0 Å². The molecule has 0 aliphatic rings. The summed E-state index contributed by atoms with van der Waals surface area (Å²) in [4.78, 5) is 0. The van der Waals surface area contributed by atoms with Crippen molar-refractivity contribution >= 4 is 0 Å². The van der Waals surface area contributed by atoms with Crippen LogP contribution in [0.5, 0.6) is 0 Å². The minimum absolute atomic E-state index is 0.136. The lowest BCUT2D eigenvalue weighted by Gasteiger charge is -2.23. The van der Waals surface area contributed by atoms with E-state index in [-0.39, 0.29) is 12.1 Å². The second-order valence-electron chi connectivity index (χ2n) is 5.01. The molecular weight excluding hydrogens is 236 g/mol. The highest BCUT2D eigenvalue weighted by molar-refractivity contribution is 5.33. The van der Waals surface area contributed by atoms with Crippen molar-refractivity contribution in [3.63, 3.8) is 0 Å². The van der Waals surface area contributed by atoms with E-state index in [1.165, 1.54) is 0 Å². The van der Waals surface area contributed by atoms with Crippen LogP contribution in [0.2, 0.25) is 0 Å². The van der Waals surface area contributed by atoms with Gasteiger partial charge in [-0.1, -0.05) is 38.8 Å². The summed E-state index contributed by atoms with van der Waals surface area (Å²) in [6.07, 6.45) is 1.69. The summed E-state index contributed by atoms with van der Waals surface area (Å²) < 4.78 is 0. The molecule has 3 nitrogen and oxygen atoms in total. The Bertz CT molecular complexity index is 421. The fraction of sp³-hybridized carbons (Fsp3) is 0.562. The van der Waals surface area contributed by atoms with Gasteiger partial charge in [-0.2, -0.15) is 5.26 Å². The molecule has 0 fully saturated rings. The predicted molar refractivity (Wildman–Crippen MR) is 77.7 cm³/mol. The Balaban J connectivity index is 2.55. The summed E-state index contributed by atoms with van der Waals surface area (Å²) in [5.41, 5.74) is 1.75. The van der Waals surface area contributed by atoms with Crippen LogP contribution in [0.3, 0.4) is 0 Å². The molecule has 0 heterocycles. The Labute approximate surface area is 116 Å². The molecular formula is C16H24N2O. The Hall–Kier alpha value is -1.37. The zero-order valence-electron chi connectivity index (χ0n) is 12.1. The maximum atomic E-state index is 10.1. The molecule has 0 radical (unpaired) electrons. The fourth-order valence-corrected chi connectivity index (χ4v) is 2.29. The second kappa shape index (κ2) is 7.93. The third kappa shape index (κ3) is 4.66. The second-order valence-corrected chi connectivity index (χ2v) is 5.01. The van der Waals surface area contributed by atoms with E-state index in [0.29, 0.717) is 18.0 Å². The lowest BCUT2D eigenvalue weighted by atomic mass is 9.96. The molecule has 2 N–H and O–H groups in total. The molecule has 0 bridgehead atoms. The molecule has 2 atom stereocenters. The summed E-state index contributed by atoms with van der Waals surface area (Å²) in [5, 5.41) is 22.3. The van der Waals surface area contributed by atoms with Crippen LogP contribution in [0, 0.1) is 17.2 Å². The molecule has 1 aromatic rings. The van der Waals surface area contributed by atoms with E-state index in [2.05, 4.69) is 32.2 Å². The third-order valence-corrected chi connectivity index (χ3v) is 3.74. The van der Waals surface area contributed by atoms with Gasteiger partial charge in [-0.15, -0.1) is 0 Å². The van der Waals surface area contributed by atoms with Gasteiger partial charge in [0.25, 0.3) is 0 Å². The summed E-state index contributed by atoms with van der Waals surface area (Å²) in [7, 11) is 0. The average Bonchev–Trinajstić information content (AvgIpc) is 2.46. The van der Waals surface area contributed by atoms with Gasteiger partial charge in [-0.05, 0) is 30.5 Å². The predicted octanol–water partition coefficient (Wildman–Crippen LogP) is 3.01. The van der Waals surface area contributed by atoms with Gasteiger partial charge in [0.2, 0.25) is 0 Å². The number of rotatable bonds is 7. The van der Waals surface area contributed by atoms with Crippen molar-refractivity contribution in [2.75, 3.05) is 6.54 Å². The van der Waals surface area contributed by atoms with Crippen LogP contribution in [-0.4, -0.2) is 17.8 Å². The van der Waals surface area contributed by atoms with E-state index in [1.54, 1.807) is 6.07 Å². The van der Waals surface area contributed by atoms with E-state index in [9.17, 15) is 5.11 Å². The molecule has 0 saturated heterocycles. The average molecular weight is 260 g/mol. The highest BCUT2D eigenvalue weighted by Gasteiger charge is 2.16. The van der Waals surface area contributed by atoms with Crippen molar-refractivity contribution in [1.29, 1.82) is 5.26 Å². The summed E-state index contributed by atoms with van der Waals surface area (Å²) in [6, 6.07) is 9.87. The minimum atomic E-state index is -0.309. The normalized spacial score (nSPS) is 14.1. The zero-order valence-corrected chi connectivity index (χ0v) is 12.1. The van der Waals surface area contributed by atoms with Crippen LogP contribution < -0.4 is 5.32 Å². The molecule has 0 saturated carbocycles. The van der Waals surface area contributed by atoms with Crippen molar-refractivity contribution in [1.82, 2.24) is 5.32 Å². The Kier molecular flexibility index (Phi) is 6.55. The number of benzene rings is 1. The molecule has 2 unspecified atom stereocenters. The van der Waals surface area contributed by atoms with Crippen molar-refractivity contribution in [3.05, 3.63) is 35.4 Å². The first-order chi connectivity index (χ1) is 9.12. The quantitative estimate of drug-likeness (QED) is 0.792. The molecule has 3 heteroatoms. The molecule has 0 aliphatic heterocycles. The highest BCUT2D eigenvalue weighted by Crippen LogP contribution is 2.16. The molecule has 0 spiro atoms. The van der Waals surface area contributed by atoms with Crippen LogP contribution in [0.15, 0.2) is 24.3 Å². The Morgan fingerprint density at radius 3 is 2.58 bits per heavy atom. The van der Waals surface area contributed by atoms with Crippen LogP contribution >= 0.6 is 0 Å². The lowest BCUT2D eigenvalue weighted by molar-refractivity contribution is 0.0989. The largest absolute Gasteiger partial charge is 0.392 e. The molecule has 0 amide bonds. The number of nitrogens with one attached hydrogen (secondary N) is 1. The van der Waals surface area contributed by atoms with E-state index in [0.717, 1.165) is 18.4 Å². The van der Waals surface area contributed by atoms with Crippen LogP contribution in [0.1, 0.15) is 50.8 Å². The first-order valence-electron chi connectivity index (χ1n) is 7.03. The summed E-state index contributed by atoms with van der Waals surface area (Å²) in [6.45, 7) is 6.86. The van der Waals surface area contributed by atoms with E-state index >= 15 is 0 Å². The van der Waals surface area contributed by atoms with Crippen LogP contribution in [0.4, 0.5) is 0 Å². The van der Waals surface area contributed by atoms with Crippen LogP contribution in [-0.2, 0) is 0 Å². The van der Waals surface area contributed by atoms with Gasteiger partial charge >= 0.3 is 0 Å². The van der Waals surface area contributed by atoms with Crippen molar-refractivity contribution in [2.45, 2.75) is 45.8 Å². The SMILES string of the molecule is CCC(CC)C(O)CNC(C)c1cccc(C#N)c1. The number of nitrogens with zero attached hydrogens (tertiary/aromatic N) is 1. The first kappa shape index (κ1) is 15.7. The molecule has 1 aromatic carbocycles. The summed E-state index contributed by atoms with van der Waals surface area (Å²) >= 11 is 0. The topological polar surface area (TPSA) is 56.0 Å². The number of hydrogen-bond donors (Lipinski definition) is 2. The highest BCUT2D eigenvalue weighted by atomic mass is 16.3. The third-order valence-electron chi connectivity index (χ3n) is 3.74. The Morgan fingerprint density at radius 2 is 2.00 bits per heavy atom. The van der Waals surface area contributed by atoms with Gasteiger partial charge in [-0.3, -0.25) is 0 Å². The minimum Gasteiger partial charge on any atom is -0.392 e. The molecule has 19 heavy (non-hydrogen) atoms. The van der Waals surface area contributed by atoms with E-state index in [1.807, 2.05) is 18.2 Å². The van der Waals surface area contributed by atoms with E-state index < -0.39 is 0 Å². The molecule has 1 rings (SSSR count). The molecule has 0 aliphatic carbocycles. The van der Waals surface area contributed by atoms with Gasteiger partial charge in [-0.25, -0.2) is 0 Å². The lowest BCUT2D eigenvalue weighted by Crippen LogP contribution is -2.33. The smallest absolute Gasteiger partial charge is 0.0991 e. The molecule has 0 aromatic heterocycles. The Morgan fingerprint density at radius 1 is 1.32 bits per heavy atom. The fourth-order valence-electron chi connectivity index (χ4n) is 2.29. The van der Waals surface area contributed by atoms with Gasteiger partial charge in [0.1, 0.15) is 0 Å². The van der Waals surface area contributed by atoms with Crippen molar-refractivity contribution in [2.24, 2.45) is 5.92 Å². The number of nitriles is 1. The van der Waals surface area contributed by atoms with Crippen molar-refractivity contribution in [3.8, 4) is 6.07 Å². The van der Waals surface area contributed by atoms with Gasteiger partial charge in [0, 0.05) is 12.6 Å². The monoisotopic (exact) mass is 260 g/mol. The van der Waals surface area contributed by atoms with Crippen molar-refractivity contribution < 1.29 is 5.11 Å². The summed E-state index contributed by atoms with van der Waals surface area (Å²) in [5.74, 6) is 0.352.